The minimum Gasteiger partial charge on any atom is -0.367 e. The van der Waals surface area contributed by atoms with Crippen LogP contribution in [0.4, 0.5) is 19.0 Å². The molecule has 2 aromatic heterocycles. The molecule has 0 radical (unpaired) electrons. The number of likely N-dealkylation sites (tertiary alicyclic amines) is 1. The first kappa shape index (κ1) is 33.2. The number of piperazine rings is 1. The van der Waals surface area contributed by atoms with Gasteiger partial charge < -0.3 is 20.0 Å². The van der Waals surface area contributed by atoms with Gasteiger partial charge in [0.05, 0.1) is 17.8 Å². The standard InChI is InChI=1S/C32H43F3N8OS/c1-21(23(3)28-13-26(16-36)43(24(28)4)18-22(2)42-11-9-41(20-44)10-12-42)17-40-7-5-25(6-8-40)39-30-29-14-27(15-32(33,34)35)45-31(29)38-19-37-30/h13-14,19-22,24-25H,5-12,15,17-18H2,1-4H3,(H,37,38,39)/b28-23-/t21?,22-,24?/m1/s1. The van der Waals surface area contributed by atoms with E-state index in [9.17, 15) is 23.2 Å². The Morgan fingerprint density at radius 1 is 1.16 bits per heavy atom. The highest BCUT2D eigenvalue weighted by Crippen LogP contribution is 2.34. The van der Waals surface area contributed by atoms with Crippen LogP contribution in [-0.4, -0.2) is 113 Å². The maximum absolute atomic E-state index is 12.9. The molecular formula is C32H43F3N8OS. The molecule has 0 aromatic carbocycles. The number of amides is 1. The van der Waals surface area contributed by atoms with Gasteiger partial charge in [-0.1, -0.05) is 12.5 Å². The smallest absolute Gasteiger partial charge is 0.367 e. The van der Waals surface area contributed by atoms with Crippen LogP contribution in [0.3, 0.4) is 0 Å². The lowest BCUT2D eigenvalue weighted by molar-refractivity contribution is -0.126. The molecule has 5 rings (SSSR count). The van der Waals surface area contributed by atoms with Crippen LogP contribution in [0.1, 0.15) is 45.4 Å². The van der Waals surface area contributed by atoms with Crippen LogP contribution in [-0.2, 0) is 11.2 Å². The Hall–Kier alpha value is -3.21. The average Bonchev–Trinajstić information content (AvgIpc) is 3.56. The summed E-state index contributed by atoms with van der Waals surface area (Å²) >= 11 is 1.07. The predicted octanol–water partition coefficient (Wildman–Crippen LogP) is 4.90. The molecule has 2 fully saturated rings. The van der Waals surface area contributed by atoms with E-state index in [0.29, 0.717) is 27.6 Å². The van der Waals surface area contributed by atoms with E-state index in [1.165, 1.54) is 17.5 Å². The third kappa shape index (κ3) is 7.96. The molecule has 5 heterocycles. The summed E-state index contributed by atoms with van der Waals surface area (Å²) in [5.41, 5.74) is 3.24. The second kappa shape index (κ2) is 14.1. The van der Waals surface area contributed by atoms with E-state index in [4.69, 9.17) is 0 Å². The zero-order valence-electron chi connectivity index (χ0n) is 26.5. The second-order valence-corrected chi connectivity index (χ2v) is 13.8. The number of piperidine rings is 1. The zero-order valence-corrected chi connectivity index (χ0v) is 27.3. The Labute approximate surface area is 267 Å². The summed E-state index contributed by atoms with van der Waals surface area (Å²) in [5, 5.41) is 14.1. The number of hydrogen-bond donors (Lipinski definition) is 1. The van der Waals surface area contributed by atoms with Gasteiger partial charge in [-0.15, -0.1) is 11.3 Å². The molecule has 0 spiro atoms. The maximum Gasteiger partial charge on any atom is 0.393 e. The number of allylic oxidation sites excluding steroid dienone is 1. The SMILES string of the molecule is C/C(=C1\C=C(C#N)N(C[C@@H](C)N2CCN(C=O)CC2)C1C)C(C)CN1CCC(Nc2ncnc3sc(CC(F)(F)F)cc23)CC1. The fourth-order valence-corrected chi connectivity index (χ4v) is 7.80. The van der Waals surface area contributed by atoms with Gasteiger partial charge in [0.1, 0.15) is 28.7 Å². The van der Waals surface area contributed by atoms with Crippen molar-refractivity contribution in [3.63, 3.8) is 0 Å². The third-order valence-electron chi connectivity index (χ3n) is 9.63. The van der Waals surface area contributed by atoms with Gasteiger partial charge in [0.15, 0.2) is 0 Å². The topological polar surface area (TPSA) is 91.6 Å². The highest BCUT2D eigenvalue weighted by molar-refractivity contribution is 7.18. The van der Waals surface area contributed by atoms with Crippen molar-refractivity contribution in [2.45, 2.75) is 71.3 Å². The minimum atomic E-state index is -4.25. The summed E-state index contributed by atoms with van der Waals surface area (Å²) in [6, 6.07) is 4.57. The first-order valence-corrected chi connectivity index (χ1v) is 16.6. The van der Waals surface area contributed by atoms with Crippen LogP contribution in [0, 0.1) is 17.2 Å². The van der Waals surface area contributed by atoms with Gasteiger partial charge in [-0.25, -0.2) is 9.97 Å². The van der Waals surface area contributed by atoms with Crippen LogP contribution >= 0.6 is 11.3 Å². The quantitative estimate of drug-likeness (QED) is 0.366. The summed E-state index contributed by atoms with van der Waals surface area (Å²) in [6.45, 7) is 15.5. The van der Waals surface area contributed by atoms with Gasteiger partial charge in [-0.3, -0.25) is 9.69 Å². The molecular weight excluding hydrogens is 601 g/mol. The molecule has 3 atom stereocenters. The summed E-state index contributed by atoms with van der Waals surface area (Å²) in [5.74, 6) is 0.922. The fourth-order valence-electron chi connectivity index (χ4n) is 6.77. The molecule has 2 saturated heterocycles. The second-order valence-electron chi connectivity index (χ2n) is 12.7. The number of anilines is 1. The van der Waals surface area contributed by atoms with Gasteiger partial charge in [-0.05, 0) is 57.2 Å². The maximum atomic E-state index is 12.9. The normalized spacial score (nSPS) is 23.2. The first-order valence-electron chi connectivity index (χ1n) is 15.8. The van der Waals surface area contributed by atoms with E-state index >= 15 is 0 Å². The molecule has 1 N–H and O–H groups in total. The van der Waals surface area contributed by atoms with Gasteiger partial charge in [-0.2, -0.15) is 18.4 Å². The highest BCUT2D eigenvalue weighted by Gasteiger charge is 2.33. The molecule has 3 aliphatic heterocycles. The van der Waals surface area contributed by atoms with Crippen molar-refractivity contribution in [2.75, 3.05) is 57.7 Å². The molecule has 13 heteroatoms. The van der Waals surface area contributed by atoms with Gasteiger partial charge >= 0.3 is 6.18 Å². The number of nitrogens with zero attached hydrogens (tertiary/aromatic N) is 7. The molecule has 0 aliphatic carbocycles. The summed E-state index contributed by atoms with van der Waals surface area (Å²) in [7, 11) is 0. The van der Waals surface area contributed by atoms with E-state index in [0.717, 1.165) is 82.9 Å². The van der Waals surface area contributed by atoms with Gasteiger partial charge in [0, 0.05) is 69.3 Å². The summed E-state index contributed by atoms with van der Waals surface area (Å²) in [6.07, 6.45) is 1.02. The lowest BCUT2D eigenvalue weighted by Crippen LogP contribution is -2.52. The lowest BCUT2D eigenvalue weighted by Gasteiger charge is -2.39. The van der Waals surface area contributed by atoms with Crippen LogP contribution in [0.2, 0.25) is 0 Å². The van der Waals surface area contributed by atoms with E-state index in [2.05, 4.69) is 69.8 Å². The Bertz CT molecular complexity index is 1450. The molecule has 2 unspecified atom stereocenters. The number of rotatable bonds is 10. The van der Waals surface area contributed by atoms with Gasteiger partial charge in [0.2, 0.25) is 6.41 Å². The van der Waals surface area contributed by atoms with E-state index in [1.54, 1.807) is 6.07 Å². The van der Waals surface area contributed by atoms with Crippen molar-refractivity contribution in [3.05, 3.63) is 40.2 Å². The number of thiophene rings is 1. The van der Waals surface area contributed by atoms with Crippen LogP contribution in [0.25, 0.3) is 10.2 Å². The molecule has 0 bridgehead atoms. The Balaban J connectivity index is 1.15. The summed E-state index contributed by atoms with van der Waals surface area (Å²) in [4.78, 5) is 29.4. The van der Waals surface area contributed by atoms with Crippen molar-refractivity contribution in [3.8, 4) is 6.07 Å². The van der Waals surface area contributed by atoms with Crippen LogP contribution < -0.4 is 5.32 Å². The molecule has 2 aromatic rings. The zero-order chi connectivity index (χ0) is 32.3. The van der Waals surface area contributed by atoms with Crippen molar-refractivity contribution in [1.82, 2.24) is 29.6 Å². The first-order chi connectivity index (χ1) is 21.5. The van der Waals surface area contributed by atoms with Crippen molar-refractivity contribution in [2.24, 2.45) is 5.92 Å². The largest absolute Gasteiger partial charge is 0.393 e. The summed E-state index contributed by atoms with van der Waals surface area (Å²) < 4.78 is 38.8. The number of halogens is 3. The fraction of sp³-hybridized carbons (Fsp3) is 0.625. The molecule has 9 nitrogen and oxygen atoms in total. The van der Waals surface area contributed by atoms with Crippen molar-refractivity contribution < 1.29 is 18.0 Å². The molecule has 3 aliphatic rings. The Morgan fingerprint density at radius 3 is 2.51 bits per heavy atom. The van der Waals surface area contributed by atoms with E-state index in [-0.39, 0.29) is 23.0 Å². The number of carbonyl (C=O) groups is 1. The van der Waals surface area contributed by atoms with Crippen molar-refractivity contribution >= 4 is 33.8 Å². The van der Waals surface area contributed by atoms with Crippen LogP contribution in [0.15, 0.2) is 35.3 Å². The van der Waals surface area contributed by atoms with Crippen molar-refractivity contribution in [1.29, 1.82) is 5.26 Å². The predicted molar refractivity (Wildman–Crippen MR) is 171 cm³/mol. The average molecular weight is 645 g/mol. The minimum absolute atomic E-state index is 0.120. The van der Waals surface area contributed by atoms with E-state index in [1.807, 2.05) is 4.90 Å². The number of nitriles is 1. The number of fused-ring (bicyclic) bond motifs is 1. The number of aromatic nitrogens is 2. The van der Waals surface area contributed by atoms with Crippen LogP contribution in [0.5, 0.6) is 0 Å². The molecule has 0 saturated carbocycles. The number of carbonyl (C=O) groups excluding carboxylic acids is 1. The number of hydrogen-bond acceptors (Lipinski definition) is 9. The number of nitrogens with one attached hydrogen (secondary N) is 1. The molecule has 244 valence electrons. The molecule has 1 amide bonds. The third-order valence-corrected chi connectivity index (χ3v) is 10.7. The number of alkyl halides is 3. The van der Waals surface area contributed by atoms with E-state index < -0.39 is 12.6 Å². The monoisotopic (exact) mass is 644 g/mol. The molecule has 45 heavy (non-hydrogen) atoms. The highest BCUT2D eigenvalue weighted by atomic mass is 32.1. The Morgan fingerprint density at radius 2 is 1.87 bits per heavy atom. The Kier molecular flexibility index (Phi) is 10.4. The lowest BCUT2D eigenvalue weighted by atomic mass is 9.93. The van der Waals surface area contributed by atoms with Gasteiger partial charge in [0.25, 0.3) is 0 Å².